The van der Waals surface area contributed by atoms with Crippen molar-refractivity contribution in [3.05, 3.63) is 137 Å². The molecule has 5 amide bonds. The topological polar surface area (TPSA) is 160 Å². The summed E-state index contributed by atoms with van der Waals surface area (Å²) in [6, 6.07) is 28.5. The van der Waals surface area contributed by atoms with Crippen molar-refractivity contribution in [1.29, 1.82) is 0 Å². The van der Waals surface area contributed by atoms with Crippen LogP contribution in [0, 0.1) is 0 Å². The molecule has 4 aromatic carbocycles. The van der Waals surface area contributed by atoms with E-state index in [4.69, 9.17) is 9.47 Å². The number of hydrogen-bond acceptors (Lipinski definition) is 8. The van der Waals surface area contributed by atoms with E-state index in [1.807, 2.05) is 103 Å². The van der Waals surface area contributed by atoms with Crippen molar-refractivity contribution in [2.24, 2.45) is 0 Å². The van der Waals surface area contributed by atoms with Crippen LogP contribution in [0.15, 0.2) is 109 Å². The Hall–Kier alpha value is -6.96. The molecule has 6 heterocycles. The SMILES string of the molecule is C[C@H]1NC(=O)[C@H]2C[C@@]3(c4ccc5c(C[C@H]6NC(=O)[C@H]7CCCN7C6=O)cn(C(=O)OCc6ccccc6)c5c4)c4ccccc4N(C(=O)OCc4ccccc4)[C@H]3N2C1=O. The third kappa shape index (κ3) is 5.83. The Morgan fingerprint density at radius 2 is 1.43 bits per heavy atom. The van der Waals surface area contributed by atoms with Gasteiger partial charge in [-0.15, -0.1) is 0 Å². The number of rotatable bonds is 7. The largest absolute Gasteiger partial charge is 0.444 e. The Balaban J connectivity index is 1.10. The number of anilines is 1. The minimum absolute atomic E-state index is 0.00732. The first-order valence-corrected chi connectivity index (χ1v) is 20.3. The number of ether oxygens (including phenoxy) is 2. The fourth-order valence-corrected chi connectivity index (χ4v) is 10.1. The van der Waals surface area contributed by atoms with Crippen molar-refractivity contribution in [3.63, 3.8) is 0 Å². The van der Waals surface area contributed by atoms with Gasteiger partial charge in [-0.1, -0.05) is 91.0 Å². The van der Waals surface area contributed by atoms with Crippen LogP contribution in [-0.4, -0.2) is 87.1 Å². The summed E-state index contributed by atoms with van der Waals surface area (Å²) in [6.07, 6.45) is 0.951. The van der Waals surface area contributed by atoms with Gasteiger partial charge in [0.2, 0.25) is 23.6 Å². The minimum Gasteiger partial charge on any atom is -0.444 e. The molecule has 4 fully saturated rings. The standard InChI is InChI=1S/C46H42N6O8/c1-27-41(55)51-38(40(54)47-27)23-46(33-15-8-9-16-35(33)52(43(46)51)45(58)60-26-29-13-6-3-7-14-29)31-18-19-32-30(21-34-42(56)49-20-10-17-36(49)39(53)48-34)24-50(37(32)22-31)44(57)59-25-28-11-4-2-5-12-28/h2-9,11-16,18-19,22,24,27,34,36,38,43H,10,17,20-21,23,25-26H2,1H3,(H,47,54)(H,48,53)/t27-,34-,36-,38-,43-,46-/m1/s1. The smallest absolute Gasteiger partial charge is 0.418 e. The molecule has 0 unspecified atom stereocenters. The first-order valence-electron chi connectivity index (χ1n) is 20.3. The average molecular weight is 807 g/mol. The lowest BCUT2D eigenvalue weighted by molar-refractivity contribution is -0.148. The molecule has 14 nitrogen and oxygen atoms in total. The maximum absolute atomic E-state index is 14.4. The second-order valence-electron chi connectivity index (χ2n) is 16.2. The summed E-state index contributed by atoms with van der Waals surface area (Å²) in [4.78, 5) is 88.1. The lowest BCUT2D eigenvalue weighted by atomic mass is 9.72. The number of amides is 5. The third-order valence-electron chi connectivity index (χ3n) is 12.8. The summed E-state index contributed by atoms with van der Waals surface area (Å²) in [5.74, 6) is -1.02. The van der Waals surface area contributed by atoms with Crippen LogP contribution in [0.1, 0.15) is 54.0 Å². The zero-order chi connectivity index (χ0) is 41.3. The molecule has 1 aromatic heterocycles. The van der Waals surface area contributed by atoms with Crippen LogP contribution in [0.2, 0.25) is 0 Å². The summed E-state index contributed by atoms with van der Waals surface area (Å²) >= 11 is 0. The normalized spacial score (nSPS) is 25.4. The van der Waals surface area contributed by atoms with Crippen molar-refractivity contribution in [1.82, 2.24) is 25.0 Å². The monoisotopic (exact) mass is 806 g/mol. The zero-order valence-corrected chi connectivity index (χ0v) is 32.8. The lowest BCUT2D eigenvalue weighted by Gasteiger charge is -2.40. The van der Waals surface area contributed by atoms with Crippen molar-refractivity contribution in [2.75, 3.05) is 11.4 Å². The van der Waals surface area contributed by atoms with Crippen LogP contribution in [0.5, 0.6) is 0 Å². The molecule has 0 bridgehead atoms. The molecule has 4 saturated heterocycles. The van der Waals surface area contributed by atoms with E-state index >= 15 is 0 Å². The molecular formula is C46H42N6O8. The highest BCUT2D eigenvalue weighted by atomic mass is 16.6. The van der Waals surface area contributed by atoms with E-state index in [0.29, 0.717) is 46.2 Å². The summed E-state index contributed by atoms with van der Waals surface area (Å²) in [7, 11) is 0. The van der Waals surface area contributed by atoms with Gasteiger partial charge in [-0.2, -0.15) is 0 Å². The number of aromatic nitrogens is 1. The van der Waals surface area contributed by atoms with Gasteiger partial charge in [0.15, 0.2) is 0 Å². The van der Waals surface area contributed by atoms with Crippen molar-refractivity contribution < 1.29 is 38.2 Å². The molecule has 304 valence electrons. The molecule has 5 aliphatic heterocycles. The van der Waals surface area contributed by atoms with Crippen LogP contribution in [0.4, 0.5) is 15.3 Å². The van der Waals surface area contributed by atoms with Gasteiger partial charge in [-0.3, -0.25) is 28.6 Å². The van der Waals surface area contributed by atoms with Gasteiger partial charge < -0.3 is 29.9 Å². The maximum Gasteiger partial charge on any atom is 0.418 e. The summed E-state index contributed by atoms with van der Waals surface area (Å²) < 4.78 is 13.2. The molecule has 5 aromatic rings. The molecule has 0 radical (unpaired) electrons. The number of carbonyl (C=O) groups is 6. The van der Waals surface area contributed by atoms with Gasteiger partial charge in [0.1, 0.15) is 43.5 Å². The predicted molar refractivity (Wildman–Crippen MR) is 217 cm³/mol. The highest BCUT2D eigenvalue weighted by Crippen LogP contribution is 2.58. The first-order chi connectivity index (χ1) is 29.1. The number of piperazine rings is 2. The molecule has 10 rings (SSSR count). The number of para-hydroxylation sites is 1. The number of carbonyl (C=O) groups excluding carboxylic acids is 6. The number of hydrogen-bond donors (Lipinski definition) is 2. The first kappa shape index (κ1) is 37.3. The molecule has 0 spiro atoms. The van der Waals surface area contributed by atoms with Crippen molar-refractivity contribution in [3.8, 4) is 0 Å². The molecule has 5 aliphatic rings. The number of nitrogens with one attached hydrogen (secondary N) is 2. The Morgan fingerprint density at radius 3 is 2.17 bits per heavy atom. The molecule has 2 N–H and O–H groups in total. The fourth-order valence-electron chi connectivity index (χ4n) is 10.1. The van der Waals surface area contributed by atoms with Gasteiger partial charge in [0.05, 0.1) is 16.6 Å². The van der Waals surface area contributed by atoms with E-state index in [-0.39, 0.29) is 49.7 Å². The number of nitrogens with zero attached hydrogens (tertiary/aromatic N) is 4. The lowest BCUT2D eigenvalue weighted by Crippen LogP contribution is -2.65. The molecular weight excluding hydrogens is 765 g/mol. The average Bonchev–Trinajstić information content (AvgIpc) is 4.05. The van der Waals surface area contributed by atoms with Gasteiger partial charge in [0.25, 0.3) is 0 Å². The van der Waals surface area contributed by atoms with E-state index in [2.05, 4.69) is 10.6 Å². The second-order valence-corrected chi connectivity index (χ2v) is 16.2. The van der Waals surface area contributed by atoms with Crippen LogP contribution in [0.3, 0.4) is 0 Å². The molecule has 14 heteroatoms. The predicted octanol–water partition coefficient (Wildman–Crippen LogP) is 4.75. The Kier molecular flexibility index (Phi) is 8.95. The van der Waals surface area contributed by atoms with E-state index in [1.54, 1.807) is 18.0 Å². The van der Waals surface area contributed by atoms with E-state index in [0.717, 1.165) is 17.5 Å². The summed E-state index contributed by atoms with van der Waals surface area (Å²) in [5.41, 5.74) is 3.43. The Morgan fingerprint density at radius 1 is 0.767 bits per heavy atom. The molecule has 0 saturated carbocycles. The van der Waals surface area contributed by atoms with Crippen LogP contribution >= 0.6 is 0 Å². The Bertz CT molecular complexity index is 2600. The molecule has 6 atom stereocenters. The van der Waals surface area contributed by atoms with Gasteiger partial charge >= 0.3 is 12.2 Å². The van der Waals surface area contributed by atoms with Crippen molar-refractivity contribution in [2.45, 2.75) is 81.6 Å². The molecule has 60 heavy (non-hydrogen) atoms. The minimum atomic E-state index is -1.15. The quantitative estimate of drug-likeness (QED) is 0.239. The van der Waals surface area contributed by atoms with Gasteiger partial charge in [-0.25, -0.2) is 9.59 Å². The van der Waals surface area contributed by atoms with E-state index < -0.39 is 47.9 Å². The summed E-state index contributed by atoms with van der Waals surface area (Å²) in [5, 5.41) is 6.40. The number of fused-ring (bicyclic) bond motifs is 7. The van der Waals surface area contributed by atoms with Gasteiger partial charge in [-0.05, 0) is 66.1 Å². The fraction of sp³-hybridized carbons (Fsp3) is 0.304. The zero-order valence-electron chi connectivity index (χ0n) is 32.8. The number of benzene rings is 4. The Labute approximate surface area is 345 Å². The van der Waals surface area contributed by atoms with E-state index in [9.17, 15) is 28.8 Å². The van der Waals surface area contributed by atoms with Gasteiger partial charge in [0, 0.05) is 24.5 Å². The van der Waals surface area contributed by atoms with Crippen molar-refractivity contribution >= 4 is 52.4 Å². The van der Waals surface area contributed by atoms with E-state index in [1.165, 1.54) is 14.4 Å². The highest BCUT2D eigenvalue weighted by molar-refractivity contribution is 6.03. The summed E-state index contributed by atoms with van der Waals surface area (Å²) in [6.45, 7) is 2.14. The second kappa shape index (κ2) is 14.4. The highest BCUT2D eigenvalue weighted by Gasteiger charge is 2.67. The molecule has 0 aliphatic carbocycles. The van der Waals surface area contributed by atoms with Crippen LogP contribution in [0.25, 0.3) is 10.9 Å². The maximum atomic E-state index is 14.4. The van der Waals surface area contributed by atoms with Crippen LogP contribution in [-0.2, 0) is 53.7 Å². The van der Waals surface area contributed by atoms with Crippen LogP contribution < -0.4 is 15.5 Å². The third-order valence-corrected chi connectivity index (χ3v) is 12.8.